The molecule has 0 aromatic heterocycles. The third-order valence-electron chi connectivity index (χ3n) is 2.67. The minimum atomic E-state index is -6.36. The summed E-state index contributed by atoms with van der Waals surface area (Å²) in [5.74, 6) is -4.96. The molecule has 142 valence electrons. The topological polar surface area (TPSA) is 80.7 Å². The van der Waals surface area contributed by atoms with Crippen molar-refractivity contribution < 1.29 is 48.8 Å². The molecule has 0 radical (unpaired) electrons. The number of rotatable bonds is 4. The van der Waals surface area contributed by atoms with Crippen LogP contribution in [-0.4, -0.2) is 42.6 Å². The van der Waals surface area contributed by atoms with Gasteiger partial charge in [0.25, 0.3) is 10.1 Å². The van der Waals surface area contributed by atoms with Gasteiger partial charge in [0, 0.05) is 7.14 Å². The molecule has 0 aliphatic heterocycles. The van der Waals surface area contributed by atoms with Crippen LogP contribution in [0.25, 0.3) is 0 Å². The van der Waals surface area contributed by atoms with Crippen molar-refractivity contribution in [1.29, 1.82) is 0 Å². The lowest BCUT2D eigenvalue weighted by Crippen LogP contribution is -2.63. The maximum atomic E-state index is 13.1. The molecule has 0 amide bonds. The van der Waals surface area contributed by atoms with Crippen LogP contribution in [0.15, 0.2) is 18.2 Å². The average molecular weight is 618 g/mol. The minimum Gasteiger partial charge on any atom is -0.435 e. The number of alkyl halides is 6. The number of hydrogen-bond donors (Lipinski definition) is 1. The van der Waals surface area contributed by atoms with Crippen molar-refractivity contribution in [3.8, 4) is 0 Å². The smallest absolute Gasteiger partial charge is 0.435 e. The first-order chi connectivity index (χ1) is 11.0. The van der Waals surface area contributed by atoms with Gasteiger partial charge in [0.15, 0.2) is 0 Å². The van der Waals surface area contributed by atoms with Crippen LogP contribution in [0.4, 0.5) is 26.3 Å². The number of esters is 1. The molecule has 0 unspecified atom stereocenters. The SMILES string of the molecule is O=C(OC(CS(=O)(=O)O)(C(F)(F)F)C(F)(F)F)c1cc(I)cc(I)c1. The molecule has 0 aliphatic carbocycles. The van der Waals surface area contributed by atoms with Gasteiger partial charge in [0.1, 0.15) is 5.75 Å². The second kappa shape index (κ2) is 7.34. The second-order valence-electron chi connectivity index (χ2n) is 4.60. The first kappa shape index (κ1) is 22.7. The molecule has 5 nitrogen and oxygen atoms in total. The van der Waals surface area contributed by atoms with E-state index in [1.807, 2.05) is 0 Å². The molecule has 0 saturated carbocycles. The summed E-state index contributed by atoms with van der Waals surface area (Å²) >= 11 is 3.33. The molecule has 0 heterocycles. The molecule has 25 heavy (non-hydrogen) atoms. The molecule has 1 N–H and O–H groups in total. The number of halogens is 8. The molecule has 0 saturated heterocycles. The predicted molar refractivity (Wildman–Crippen MR) is 88.5 cm³/mol. The Hall–Kier alpha value is -0.360. The summed E-state index contributed by atoms with van der Waals surface area (Å²) < 4.78 is 113. The Bertz CT molecular complexity index is 740. The number of ether oxygens (including phenoxy) is 1. The summed E-state index contributed by atoms with van der Waals surface area (Å²) in [5, 5.41) is 0. The Labute approximate surface area is 164 Å². The average Bonchev–Trinajstić information content (AvgIpc) is 2.32. The second-order valence-corrected chi connectivity index (χ2v) is 8.54. The van der Waals surface area contributed by atoms with Gasteiger partial charge in [-0.3, -0.25) is 4.55 Å². The van der Waals surface area contributed by atoms with Crippen molar-refractivity contribution in [2.75, 3.05) is 5.75 Å². The van der Waals surface area contributed by atoms with Gasteiger partial charge in [-0.05, 0) is 63.4 Å². The Morgan fingerprint density at radius 1 is 1.00 bits per heavy atom. The highest BCUT2D eigenvalue weighted by atomic mass is 127. The summed E-state index contributed by atoms with van der Waals surface area (Å²) in [6.45, 7) is 0. The fourth-order valence-electron chi connectivity index (χ4n) is 1.62. The lowest BCUT2D eigenvalue weighted by Gasteiger charge is -2.35. The molecular formula is C11H6F6I2O5S. The number of carbonyl (C=O) groups excluding carboxylic acids is 1. The number of hydrogen-bond acceptors (Lipinski definition) is 4. The monoisotopic (exact) mass is 618 g/mol. The molecule has 1 rings (SSSR count). The van der Waals surface area contributed by atoms with E-state index in [-0.39, 0.29) is 0 Å². The quantitative estimate of drug-likeness (QED) is 0.241. The van der Waals surface area contributed by atoms with Crippen LogP contribution in [0.5, 0.6) is 0 Å². The lowest BCUT2D eigenvalue weighted by molar-refractivity contribution is -0.356. The van der Waals surface area contributed by atoms with Gasteiger partial charge in [-0.2, -0.15) is 34.8 Å². The molecule has 0 aliphatic rings. The third-order valence-corrected chi connectivity index (χ3v) is 4.68. The molecule has 0 bridgehead atoms. The highest BCUT2D eigenvalue weighted by Crippen LogP contribution is 2.47. The lowest BCUT2D eigenvalue weighted by atomic mass is 10.1. The molecule has 1 aromatic rings. The van der Waals surface area contributed by atoms with E-state index in [0.29, 0.717) is 7.14 Å². The molecular weight excluding hydrogens is 612 g/mol. The molecule has 0 spiro atoms. The van der Waals surface area contributed by atoms with Gasteiger partial charge in [-0.25, -0.2) is 4.79 Å². The van der Waals surface area contributed by atoms with E-state index in [0.717, 1.165) is 12.1 Å². The van der Waals surface area contributed by atoms with E-state index in [4.69, 9.17) is 4.55 Å². The Morgan fingerprint density at radius 2 is 1.40 bits per heavy atom. The van der Waals surface area contributed by atoms with E-state index in [1.54, 1.807) is 45.2 Å². The van der Waals surface area contributed by atoms with Crippen LogP contribution in [-0.2, 0) is 14.9 Å². The van der Waals surface area contributed by atoms with E-state index >= 15 is 0 Å². The van der Waals surface area contributed by atoms with Crippen molar-refractivity contribution in [3.05, 3.63) is 30.9 Å². The zero-order valence-corrected chi connectivity index (χ0v) is 16.6. The highest BCUT2D eigenvalue weighted by molar-refractivity contribution is 14.1. The van der Waals surface area contributed by atoms with E-state index in [1.165, 1.54) is 6.07 Å². The van der Waals surface area contributed by atoms with Gasteiger partial charge >= 0.3 is 23.9 Å². The van der Waals surface area contributed by atoms with Gasteiger partial charge in [0.05, 0.1) is 5.56 Å². The summed E-state index contributed by atoms with van der Waals surface area (Å²) in [6.07, 6.45) is -12.7. The van der Waals surface area contributed by atoms with Gasteiger partial charge in [-0.1, -0.05) is 0 Å². The number of carbonyl (C=O) groups is 1. The van der Waals surface area contributed by atoms with E-state index in [9.17, 15) is 39.6 Å². The molecule has 0 atom stereocenters. The standard InChI is InChI=1S/C11H6F6I2O5S/c12-10(13,14)9(11(15,16)17,4-25(21,22)23)24-8(20)5-1-6(18)3-7(19)2-5/h1-3H,4H2,(H,21,22,23). The van der Waals surface area contributed by atoms with E-state index < -0.39 is 45.4 Å². The van der Waals surface area contributed by atoms with Crippen LogP contribution in [0, 0.1) is 7.14 Å². The Morgan fingerprint density at radius 3 is 1.72 bits per heavy atom. The first-order valence-electron chi connectivity index (χ1n) is 5.76. The molecule has 0 fully saturated rings. The summed E-state index contributed by atoms with van der Waals surface area (Å²) in [6, 6.07) is 3.38. The zero-order valence-electron chi connectivity index (χ0n) is 11.5. The highest BCUT2D eigenvalue weighted by Gasteiger charge is 2.76. The fraction of sp³-hybridized carbons (Fsp3) is 0.364. The Balaban J connectivity index is 3.49. The Kier molecular flexibility index (Phi) is 6.66. The largest absolute Gasteiger partial charge is 0.438 e. The minimum absolute atomic E-state index is 0.316. The van der Waals surface area contributed by atoms with E-state index in [2.05, 4.69) is 4.74 Å². The number of benzene rings is 1. The van der Waals surface area contributed by atoms with Crippen molar-refractivity contribution in [2.24, 2.45) is 0 Å². The zero-order chi connectivity index (χ0) is 19.8. The maximum absolute atomic E-state index is 13.1. The van der Waals surface area contributed by atoms with Crippen molar-refractivity contribution in [1.82, 2.24) is 0 Å². The van der Waals surface area contributed by atoms with Crippen LogP contribution < -0.4 is 0 Å². The first-order valence-corrected chi connectivity index (χ1v) is 9.53. The van der Waals surface area contributed by atoms with Crippen LogP contribution in [0.2, 0.25) is 0 Å². The van der Waals surface area contributed by atoms with Crippen molar-refractivity contribution in [3.63, 3.8) is 0 Å². The summed E-state index contributed by atoms with van der Waals surface area (Å²) in [7, 11) is -5.81. The van der Waals surface area contributed by atoms with Crippen LogP contribution in [0.1, 0.15) is 10.4 Å². The van der Waals surface area contributed by atoms with Crippen molar-refractivity contribution >= 4 is 61.3 Å². The van der Waals surface area contributed by atoms with Crippen LogP contribution >= 0.6 is 45.2 Å². The summed E-state index contributed by atoms with van der Waals surface area (Å²) in [4.78, 5) is 11.8. The molecule has 1 aromatic carbocycles. The fourth-order valence-corrected chi connectivity index (χ4v) is 4.45. The third kappa shape index (κ3) is 5.56. The maximum Gasteiger partial charge on any atom is 0.438 e. The van der Waals surface area contributed by atoms with Gasteiger partial charge in [-0.15, -0.1) is 0 Å². The normalized spacial score (nSPS) is 13.6. The van der Waals surface area contributed by atoms with Crippen molar-refractivity contribution in [2.45, 2.75) is 18.0 Å². The van der Waals surface area contributed by atoms with Gasteiger partial charge < -0.3 is 4.74 Å². The predicted octanol–water partition coefficient (Wildman–Crippen LogP) is 3.80. The summed E-state index contributed by atoms with van der Waals surface area (Å²) in [5.41, 5.74) is -6.07. The molecule has 14 heteroatoms. The van der Waals surface area contributed by atoms with Gasteiger partial charge in [0.2, 0.25) is 0 Å². The van der Waals surface area contributed by atoms with Crippen LogP contribution in [0.3, 0.4) is 0 Å².